The number of aryl methyl sites for hydroxylation is 1. The highest BCUT2D eigenvalue weighted by atomic mass is 16.6. The van der Waals surface area contributed by atoms with Crippen LogP contribution in [0.5, 0.6) is 0 Å². The van der Waals surface area contributed by atoms with E-state index in [-0.39, 0.29) is 41.9 Å². The lowest BCUT2D eigenvalue weighted by molar-refractivity contribution is -0.121. The molecule has 1 unspecified atom stereocenters. The van der Waals surface area contributed by atoms with Gasteiger partial charge in [-0.15, -0.1) is 0 Å². The Morgan fingerprint density at radius 3 is 2.71 bits per heavy atom. The van der Waals surface area contributed by atoms with Crippen molar-refractivity contribution in [2.24, 2.45) is 17.8 Å². The molecule has 9 nitrogen and oxygen atoms in total. The van der Waals surface area contributed by atoms with E-state index in [1.807, 2.05) is 6.07 Å². The number of piperazine rings is 1. The van der Waals surface area contributed by atoms with Crippen LogP contribution < -0.4 is 4.90 Å². The number of amides is 4. The van der Waals surface area contributed by atoms with E-state index >= 15 is 0 Å². The number of hydrogen-bond donors (Lipinski definition) is 0. The highest BCUT2D eigenvalue weighted by Crippen LogP contribution is 2.43. The lowest BCUT2D eigenvalue weighted by Gasteiger charge is -2.39. The molecule has 0 spiro atoms. The minimum Gasteiger partial charge on any atom is -0.446 e. The molecule has 4 amide bonds. The third-order valence-corrected chi connectivity index (χ3v) is 8.14. The molecule has 0 radical (unpaired) electrons. The number of anilines is 1. The summed E-state index contributed by atoms with van der Waals surface area (Å²) in [5, 5.41) is 9.13. The first kappa shape index (κ1) is 22.6. The van der Waals surface area contributed by atoms with Gasteiger partial charge in [0.1, 0.15) is 23.9 Å². The summed E-state index contributed by atoms with van der Waals surface area (Å²) >= 11 is 0. The van der Waals surface area contributed by atoms with Crippen molar-refractivity contribution in [1.82, 2.24) is 14.8 Å². The van der Waals surface area contributed by atoms with Gasteiger partial charge in [-0.3, -0.25) is 4.79 Å². The topological polar surface area (TPSA) is 107 Å². The molecular formula is C25H31N5O4. The Hall–Kier alpha value is -3.15. The van der Waals surface area contributed by atoms with Crippen LogP contribution in [-0.4, -0.2) is 63.6 Å². The summed E-state index contributed by atoms with van der Waals surface area (Å²) in [5.74, 6) is 0.939. The third kappa shape index (κ3) is 3.42. The summed E-state index contributed by atoms with van der Waals surface area (Å²) in [6.07, 6.45) is 4.56. The summed E-state index contributed by atoms with van der Waals surface area (Å²) in [6.45, 7) is 8.65. The number of nitrogens with zero attached hydrogens (tertiary/aromatic N) is 5. The zero-order chi connectivity index (χ0) is 24.3. The van der Waals surface area contributed by atoms with Gasteiger partial charge >= 0.3 is 12.1 Å². The minimum atomic E-state index is -0.707. The number of likely N-dealkylation sites (tertiary alicyclic amines) is 1. The molecule has 180 valence electrons. The predicted molar refractivity (Wildman–Crippen MR) is 123 cm³/mol. The average molecular weight is 466 g/mol. The number of nitriles is 1. The van der Waals surface area contributed by atoms with Crippen molar-refractivity contribution in [3.05, 3.63) is 23.5 Å². The third-order valence-electron chi connectivity index (χ3n) is 8.14. The van der Waals surface area contributed by atoms with Crippen LogP contribution in [0.3, 0.4) is 0 Å². The number of ether oxygens (including phenoxy) is 1. The van der Waals surface area contributed by atoms with Gasteiger partial charge in [0.2, 0.25) is 0 Å². The Balaban J connectivity index is 1.34. The van der Waals surface area contributed by atoms with E-state index in [9.17, 15) is 14.4 Å². The summed E-state index contributed by atoms with van der Waals surface area (Å²) in [7, 11) is 0. The fourth-order valence-electron chi connectivity index (χ4n) is 6.35. The van der Waals surface area contributed by atoms with Gasteiger partial charge in [-0.05, 0) is 55.6 Å². The van der Waals surface area contributed by atoms with E-state index in [1.54, 1.807) is 22.8 Å². The van der Waals surface area contributed by atoms with Gasteiger partial charge in [0.25, 0.3) is 5.91 Å². The molecule has 1 aromatic rings. The first-order valence-corrected chi connectivity index (χ1v) is 12.2. The van der Waals surface area contributed by atoms with Crippen LogP contribution in [-0.2, 0) is 9.53 Å². The molecule has 4 heterocycles. The number of imide groups is 1. The number of carbonyl (C=O) groups is 3. The van der Waals surface area contributed by atoms with Crippen LogP contribution >= 0.6 is 0 Å². The molecule has 9 heteroatoms. The second-order valence-corrected chi connectivity index (χ2v) is 10.6. The molecule has 1 aliphatic carbocycles. The van der Waals surface area contributed by atoms with Gasteiger partial charge in [0.15, 0.2) is 0 Å². The standard InChI is InChI=1S/C25H31N5O4/c1-13(2)18-6-5-14(3)7-21(18)34-25(33)28-12-17-9-20(28)22-23(31)30(24(32)29(17)22)16-8-15(4)19(10-26)27-11-16/h8,11,13-14,17-18,20-22H,5-7,9,12H2,1-4H3/t14?,17-,18+,20-,21-,22-/m0/s1. The maximum Gasteiger partial charge on any atom is 0.410 e. The maximum atomic E-state index is 13.4. The molecule has 0 aromatic carbocycles. The molecule has 3 saturated heterocycles. The van der Waals surface area contributed by atoms with Crippen molar-refractivity contribution in [2.45, 2.75) is 77.6 Å². The number of aromatic nitrogens is 1. The summed E-state index contributed by atoms with van der Waals surface area (Å²) in [6, 6.07) is 1.94. The van der Waals surface area contributed by atoms with Gasteiger partial charge in [-0.25, -0.2) is 19.5 Å². The van der Waals surface area contributed by atoms with Crippen molar-refractivity contribution >= 4 is 23.7 Å². The van der Waals surface area contributed by atoms with E-state index in [1.165, 1.54) is 6.20 Å². The zero-order valence-corrected chi connectivity index (χ0v) is 20.1. The number of carbonyl (C=O) groups excluding carboxylic acids is 3. The maximum absolute atomic E-state index is 13.4. The normalized spacial score (nSPS) is 32.4. The molecule has 1 aromatic heterocycles. The van der Waals surface area contributed by atoms with E-state index < -0.39 is 6.04 Å². The Morgan fingerprint density at radius 2 is 2.03 bits per heavy atom. The van der Waals surface area contributed by atoms with Crippen molar-refractivity contribution < 1.29 is 19.1 Å². The van der Waals surface area contributed by atoms with Gasteiger partial charge in [0, 0.05) is 6.54 Å². The Bertz CT molecular complexity index is 1080. The Kier molecular flexibility index (Phi) is 5.50. The van der Waals surface area contributed by atoms with Crippen molar-refractivity contribution in [3.63, 3.8) is 0 Å². The lowest BCUT2D eigenvalue weighted by Crippen LogP contribution is -2.55. The van der Waals surface area contributed by atoms with E-state index in [0.29, 0.717) is 42.0 Å². The highest BCUT2D eigenvalue weighted by Gasteiger charge is 2.63. The first-order chi connectivity index (χ1) is 16.2. The fraction of sp³-hybridized carbons (Fsp3) is 0.640. The zero-order valence-electron chi connectivity index (χ0n) is 20.1. The minimum absolute atomic E-state index is 0.114. The Labute approximate surface area is 199 Å². The highest BCUT2D eigenvalue weighted by molar-refractivity contribution is 6.22. The summed E-state index contributed by atoms with van der Waals surface area (Å²) in [4.78, 5) is 48.3. The molecule has 1 saturated carbocycles. The van der Waals surface area contributed by atoms with Crippen LogP contribution in [0.1, 0.15) is 57.7 Å². The average Bonchev–Trinajstić information content (AvgIpc) is 3.45. The molecule has 4 fully saturated rings. The van der Waals surface area contributed by atoms with Gasteiger partial charge in [-0.1, -0.05) is 27.2 Å². The SMILES string of the molecule is Cc1cc(N2C(=O)[C@@H]3[C@@H]4C[C@@H](CN4C(=O)O[C@H]4CC(C)CC[C@@H]4C(C)C)N3C2=O)cnc1C#N. The van der Waals surface area contributed by atoms with Gasteiger partial charge < -0.3 is 14.5 Å². The first-order valence-electron chi connectivity index (χ1n) is 12.2. The second kappa shape index (κ2) is 8.26. The molecule has 6 atom stereocenters. The molecule has 34 heavy (non-hydrogen) atoms. The largest absolute Gasteiger partial charge is 0.446 e. The predicted octanol–water partition coefficient (Wildman–Crippen LogP) is 3.45. The molecule has 2 bridgehead atoms. The molecule has 3 aliphatic heterocycles. The number of fused-ring (bicyclic) bond motifs is 5. The van der Waals surface area contributed by atoms with Crippen LogP contribution in [0, 0.1) is 36.0 Å². The number of hydrogen-bond acceptors (Lipinski definition) is 6. The smallest absolute Gasteiger partial charge is 0.410 e. The van der Waals surface area contributed by atoms with Crippen LogP contribution in [0.2, 0.25) is 0 Å². The van der Waals surface area contributed by atoms with Gasteiger partial charge in [0.05, 0.1) is 24.0 Å². The van der Waals surface area contributed by atoms with Gasteiger partial charge in [-0.2, -0.15) is 5.26 Å². The molecule has 5 rings (SSSR count). The summed E-state index contributed by atoms with van der Waals surface area (Å²) < 4.78 is 6.05. The second-order valence-electron chi connectivity index (χ2n) is 10.6. The van der Waals surface area contributed by atoms with Crippen LogP contribution in [0.15, 0.2) is 12.3 Å². The van der Waals surface area contributed by atoms with E-state index in [2.05, 4.69) is 25.8 Å². The van der Waals surface area contributed by atoms with E-state index in [0.717, 1.165) is 24.2 Å². The number of pyridine rings is 1. The van der Waals surface area contributed by atoms with Crippen LogP contribution in [0.4, 0.5) is 15.3 Å². The fourth-order valence-corrected chi connectivity index (χ4v) is 6.35. The quantitative estimate of drug-likeness (QED) is 0.633. The summed E-state index contributed by atoms with van der Waals surface area (Å²) in [5.41, 5.74) is 1.21. The Morgan fingerprint density at radius 1 is 1.26 bits per heavy atom. The lowest BCUT2D eigenvalue weighted by atomic mass is 9.75. The van der Waals surface area contributed by atoms with Crippen molar-refractivity contribution in [2.75, 3.05) is 11.4 Å². The number of urea groups is 1. The molecular weight excluding hydrogens is 434 g/mol. The van der Waals surface area contributed by atoms with Crippen LogP contribution in [0.25, 0.3) is 0 Å². The van der Waals surface area contributed by atoms with E-state index in [4.69, 9.17) is 10.00 Å². The van der Waals surface area contributed by atoms with Crippen molar-refractivity contribution in [3.8, 4) is 6.07 Å². The number of rotatable bonds is 3. The molecule has 0 N–H and O–H groups in total. The van der Waals surface area contributed by atoms with Crippen molar-refractivity contribution in [1.29, 1.82) is 5.26 Å². The monoisotopic (exact) mass is 465 g/mol. The molecule has 4 aliphatic rings.